The third-order valence-electron chi connectivity index (χ3n) is 3.83. The van der Waals surface area contributed by atoms with E-state index < -0.39 is 0 Å². The van der Waals surface area contributed by atoms with Gasteiger partial charge in [0.25, 0.3) is 0 Å². The lowest BCUT2D eigenvalue weighted by molar-refractivity contribution is 0.112. The van der Waals surface area contributed by atoms with Gasteiger partial charge in [-0.25, -0.2) is 14.5 Å². The first-order valence-corrected chi connectivity index (χ1v) is 7.86. The van der Waals surface area contributed by atoms with Crippen molar-refractivity contribution < 1.29 is 4.79 Å². The van der Waals surface area contributed by atoms with Gasteiger partial charge < -0.3 is 5.73 Å². The average Bonchev–Trinajstić information content (AvgIpc) is 3.09. The Labute approximate surface area is 149 Å². The van der Waals surface area contributed by atoms with Gasteiger partial charge in [-0.2, -0.15) is 5.10 Å². The maximum Gasteiger partial charge on any atom is 0.171 e. The molecular formula is C20H13N5O. The molecule has 26 heavy (non-hydrogen) atoms. The molecule has 0 radical (unpaired) electrons. The van der Waals surface area contributed by atoms with E-state index in [9.17, 15) is 4.79 Å². The number of benzene rings is 1. The van der Waals surface area contributed by atoms with Gasteiger partial charge in [-0.05, 0) is 18.2 Å². The minimum Gasteiger partial charge on any atom is -0.384 e. The number of anilines is 1. The number of nitrogens with two attached hydrogens (primary N) is 1. The topological polar surface area (TPSA) is 86.2 Å². The molecule has 0 atom stereocenters. The summed E-state index contributed by atoms with van der Waals surface area (Å²) in [5, 5.41) is 4.28. The summed E-state index contributed by atoms with van der Waals surface area (Å²) in [5.41, 5.74) is 10.2. The molecule has 0 unspecified atom stereocenters. The van der Waals surface area contributed by atoms with Crippen LogP contribution < -0.4 is 5.73 Å². The number of aldehydes is 1. The van der Waals surface area contributed by atoms with Crippen LogP contribution in [0.15, 0.2) is 61.1 Å². The molecule has 1 aromatic carbocycles. The Kier molecular flexibility index (Phi) is 3.88. The fraction of sp³-hybridized carbons (Fsp3) is 0. The first kappa shape index (κ1) is 15.5. The van der Waals surface area contributed by atoms with Crippen LogP contribution in [0.3, 0.4) is 0 Å². The van der Waals surface area contributed by atoms with Crippen LogP contribution in [0.4, 0.5) is 5.82 Å². The highest BCUT2D eigenvalue weighted by atomic mass is 16.1. The van der Waals surface area contributed by atoms with Crippen LogP contribution in [0.2, 0.25) is 0 Å². The van der Waals surface area contributed by atoms with Crippen LogP contribution in [0.1, 0.15) is 21.5 Å². The quantitative estimate of drug-likeness (QED) is 0.448. The van der Waals surface area contributed by atoms with E-state index in [4.69, 9.17) is 5.73 Å². The van der Waals surface area contributed by atoms with Gasteiger partial charge in [0.2, 0.25) is 0 Å². The van der Waals surface area contributed by atoms with E-state index in [-0.39, 0.29) is 0 Å². The molecule has 2 N–H and O–H groups in total. The molecule has 3 aromatic heterocycles. The summed E-state index contributed by atoms with van der Waals surface area (Å²) in [7, 11) is 0. The molecule has 124 valence electrons. The van der Waals surface area contributed by atoms with E-state index in [1.54, 1.807) is 41.2 Å². The van der Waals surface area contributed by atoms with Gasteiger partial charge in [0, 0.05) is 29.1 Å². The standard InChI is InChI=1S/C20H13N5O/c21-19-11-14(7-9-22-19)1-6-17-12-23-25-10-8-18(24-20(17)25)16-4-2-15(13-26)3-5-16/h2-5,7-13H,(H2,21,22). The second-order valence-electron chi connectivity index (χ2n) is 5.60. The van der Waals surface area contributed by atoms with E-state index in [1.807, 2.05) is 24.4 Å². The summed E-state index contributed by atoms with van der Waals surface area (Å²) in [6.07, 6.45) is 5.95. The Morgan fingerprint density at radius 3 is 2.69 bits per heavy atom. The van der Waals surface area contributed by atoms with Crippen molar-refractivity contribution in [2.45, 2.75) is 0 Å². The molecule has 0 aliphatic carbocycles. The minimum absolute atomic E-state index is 0.427. The third-order valence-corrected chi connectivity index (χ3v) is 3.83. The Morgan fingerprint density at radius 1 is 1.08 bits per heavy atom. The molecule has 6 heteroatoms. The summed E-state index contributed by atoms with van der Waals surface area (Å²) < 4.78 is 1.67. The molecular weight excluding hydrogens is 326 g/mol. The van der Waals surface area contributed by atoms with Crippen molar-refractivity contribution in [3.63, 3.8) is 0 Å². The summed E-state index contributed by atoms with van der Waals surface area (Å²) in [4.78, 5) is 19.4. The average molecular weight is 339 g/mol. The number of nitrogens with zero attached hydrogens (tertiary/aromatic N) is 4. The summed E-state index contributed by atoms with van der Waals surface area (Å²) in [6, 6.07) is 12.6. The second-order valence-corrected chi connectivity index (χ2v) is 5.60. The fourth-order valence-corrected chi connectivity index (χ4v) is 2.52. The van der Waals surface area contributed by atoms with Crippen LogP contribution in [-0.2, 0) is 0 Å². The van der Waals surface area contributed by atoms with Crippen LogP contribution >= 0.6 is 0 Å². The van der Waals surface area contributed by atoms with E-state index in [0.717, 1.165) is 23.1 Å². The highest BCUT2D eigenvalue weighted by molar-refractivity contribution is 5.76. The van der Waals surface area contributed by atoms with E-state index in [2.05, 4.69) is 26.9 Å². The molecule has 4 rings (SSSR count). The molecule has 0 spiro atoms. The summed E-state index contributed by atoms with van der Waals surface area (Å²) in [6.45, 7) is 0. The van der Waals surface area contributed by atoms with Crippen molar-refractivity contribution in [3.05, 3.63) is 77.7 Å². The SMILES string of the molecule is Nc1cc(C#Cc2cnn3ccc(-c4ccc(C=O)cc4)nc23)ccn1. The van der Waals surface area contributed by atoms with E-state index in [0.29, 0.717) is 22.6 Å². The van der Waals surface area contributed by atoms with Crippen molar-refractivity contribution in [1.82, 2.24) is 19.6 Å². The Hall–Kier alpha value is -3.98. The molecule has 0 saturated heterocycles. The molecule has 3 heterocycles. The van der Waals surface area contributed by atoms with E-state index >= 15 is 0 Å². The van der Waals surface area contributed by atoms with Crippen LogP contribution in [0.25, 0.3) is 16.9 Å². The number of pyridine rings is 1. The number of rotatable bonds is 2. The van der Waals surface area contributed by atoms with Gasteiger partial charge in [-0.15, -0.1) is 0 Å². The lowest BCUT2D eigenvalue weighted by Gasteiger charge is -2.02. The first-order chi connectivity index (χ1) is 12.7. The molecule has 6 nitrogen and oxygen atoms in total. The lowest BCUT2D eigenvalue weighted by atomic mass is 10.1. The zero-order valence-electron chi connectivity index (χ0n) is 13.6. The number of nitrogen functional groups attached to an aromatic ring is 1. The molecule has 0 aliphatic rings. The minimum atomic E-state index is 0.427. The number of carbonyl (C=O) groups excluding carboxylic acids is 1. The monoisotopic (exact) mass is 339 g/mol. The van der Waals surface area contributed by atoms with E-state index in [1.165, 1.54) is 0 Å². The summed E-state index contributed by atoms with van der Waals surface area (Å²) in [5.74, 6) is 6.56. The largest absolute Gasteiger partial charge is 0.384 e. The maximum absolute atomic E-state index is 10.8. The summed E-state index contributed by atoms with van der Waals surface area (Å²) >= 11 is 0. The molecule has 0 fully saturated rings. The highest BCUT2D eigenvalue weighted by Gasteiger charge is 2.06. The fourth-order valence-electron chi connectivity index (χ4n) is 2.52. The van der Waals surface area contributed by atoms with Crippen molar-refractivity contribution in [3.8, 4) is 23.1 Å². The third kappa shape index (κ3) is 3.01. The van der Waals surface area contributed by atoms with Crippen molar-refractivity contribution in [2.75, 3.05) is 5.73 Å². The molecule has 0 aliphatic heterocycles. The normalized spacial score (nSPS) is 10.3. The lowest BCUT2D eigenvalue weighted by Crippen LogP contribution is -1.93. The van der Waals surface area contributed by atoms with Gasteiger partial charge in [0.05, 0.1) is 17.5 Å². The van der Waals surface area contributed by atoms with Crippen LogP contribution in [0.5, 0.6) is 0 Å². The first-order valence-electron chi connectivity index (χ1n) is 7.86. The Morgan fingerprint density at radius 2 is 1.92 bits per heavy atom. The highest BCUT2D eigenvalue weighted by Crippen LogP contribution is 2.19. The smallest absolute Gasteiger partial charge is 0.171 e. The molecule has 0 amide bonds. The number of aromatic nitrogens is 4. The predicted molar refractivity (Wildman–Crippen MR) is 98.4 cm³/mol. The van der Waals surface area contributed by atoms with Gasteiger partial charge in [0.1, 0.15) is 12.1 Å². The van der Waals surface area contributed by atoms with Gasteiger partial charge in [-0.1, -0.05) is 36.1 Å². The second kappa shape index (κ2) is 6.49. The Bertz CT molecular complexity index is 1170. The van der Waals surface area contributed by atoms with Gasteiger partial charge >= 0.3 is 0 Å². The zero-order valence-corrected chi connectivity index (χ0v) is 13.6. The Balaban J connectivity index is 1.74. The molecule has 4 aromatic rings. The van der Waals surface area contributed by atoms with Crippen molar-refractivity contribution >= 4 is 17.8 Å². The van der Waals surface area contributed by atoms with Crippen molar-refractivity contribution in [2.24, 2.45) is 0 Å². The predicted octanol–water partition coefficient (Wildman–Crippen LogP) is 2.59. The number of fused-ring (bicyclic) bond motifs is 1. The van der Waals surface area contributed by atoms with Gasteiger partial charge in [0.15, 0.2) is 5.65 Å². The van der Waals surface area contributed by atoms with Gasteiger partial charge in [-0.3, -0.25) is 4.79 Å². The number of carbonyl (C=O) groups is 1. The molecule has 0 bridgehead atoms. The molecule has 0 saturated carbocycles. The van der Waals surface area contributed by atoms with Crippen LogP contribution in [-0.4, -0.2) is 25.9 Å². The number of hydrogen-bond donors (Lipinski definition) is 1. The zero-order chi connectivity index (χ0) is 17.9. The maximum atomic E-state index is 10.8. The number of hydrogen-bond acceptors (Lipinski definition) is 5. The van der Waals surface area contributed by atoms with Crippen molar-refractivity contribution in [1.29, 1.82) is 0 Å². The van der Waals surface area contributed by atoms with Crippen LogP contribution in [0, 0.1) is 11.8 Å².